The van der Waals surface area contributed by atoms with E-state index in [0.717, 1.165) is 0 Å². The van der Waals surface area contributed by atoms with E-state index in [2.05, 4.69) is 11.2 Å². The molecule has 0 saturated carbocycles. The lowest BCUT2D eigenvalue weighted by Crippen LogP contribution is -2.13. The van der Waals surface area contributed by atoms with Gasteiger partial charge in [0.2, 0.25) is 5.75 Å². The summed E-state index contributed by atoms with van der Waals surface area (Å²) in [7, 11) is 0. The summed E-state index contributed by atoms with van der Waals surface area (Å²) in [6.45, 7) is 6.97. The largest absolute Gasteiger partial charge is 0.490 e. The summed E-state index contributed by atoms with van der Waals surface area (Å²) in [5.41, 5.74) is 1.72. The molecule has 26 heavy (non-hydrogen) atoms. The summed E-state index contributed by atoms with van der Waals surface area (Å²) < 4.78 is 16.9. The minimum absolute atomic E-state index is 0.288. The van der Waals surface area contributed by atoms with Gasteiger partial charge in [-0.15, -0.1) is 6.42 Å². The Morgan fingerprint density at radius 1 is 1.00 bits per heavy atom. The van der Waals surface area contributed by atoms with Crippen molar-refractivity contribution in [3.63, 3.8) is 0 Å². The number of terminal acetylenes is 1. The average Bonchev–Trinajstić information content (AvgIpc) is 2.64. The number of hydrogen-bond donors (Lipinski definition) is 1. The van der Waals surface area contributed by atoms with Gasteiger partial charge in [0.25, 0.3) is 5.91 Å². The standard InChI is InChI=1S/C21H23NO4/c1-5-15-10-9-11-17(12-15)22-21(23)16-13-18(24-6-2)20(26-8-4)19(14-16)25-7-3/h1,9-14H,6-8H2,2-4H3,(H,22,23). The molecule has 0 aliphatic heterocycles. The Bertz CT molecular complexity index is 781. The van der Waals surface area contributed by atoms with Crippen LogP contribution in [0.15, 0.2) is 36.4 Å². The van der Waals surface area contributed by atoms with E-state index in [1.54, 1.807) is 36.4 Å². The second-order valence-electron chi connectivity index (χ2n) is 5.28. The van der Waals surface area contributed by atoms with Crippen LogP contribution in [0.25, 0.3) is 0 Å². The van der Waals surface area contributed by atoms with Gasteiger partial charge in [0.05, 0.1) is 19.8 Å². The molecule has 0 aliphatic rings. The number of nitrogens with one attached hydrogen (secondary N) is 1. The van der Waals surface area contributed by atoms with E-state index >= 15 is 0 Å². The fraction of sp³-hybridized carbons (Fsp3) is 0.286. The summed E-state index contributed by atoms with van der Waals surface area (Å²) in [6, 6.07) is 10.4. The van der Waals surface area contributed by atoms with Crippen LogP contribution in [-0.2, 0) is 0 Å². The van der Waals surface area contributed by atoms with Gasteiger partial charge in [0.1, 0.15) is 0 Å². The molecule has 1 N–H and O–H groups in total. The molecular weight excluding hydrogens is 330 g/mol. The van der Waals surface area contributed by atoms with Gasteiger partial charge in [0.15, 0.2) is 11.5 Å². The molecule has 0 spiro atoms. The van der Waals surface area contributed by atoms with Crippen LogP contribution in [-0.4, -0.2) is 25.7 Å². The van der Waals surface area contributed by atoms with Crippen LogP contribution in [0.3, 0.4) is 0 Å². The Morgan fingerprint density at radius 3 is 2.15 bits per heavy atom. The molecule has 0 fully saturated rings. The molecular formula is C21H23NO4. The first-order valence-corrected chi connectivity index (χ1v) is 8.57. The Morgan fingerprint density at radius 2 is 1.62 bits per heavy atom. The maximum atomic E-state index is 12.7. The van der Waals surface area contributed by atoms with Crippen molar-refractivity contribution in [2.24, 2.45) is 0 Å². The molecule has 2 aromatic carbocycles. The lowest BCUT2D eigenvalue weighted by atomic mass is 10.1. The Balaban J connectivity index is 2.37. The molecule has 0 aromatic heterocycles. The first-order valence-electron chi connectivity index (χ1n) is 8.57. The number of anilines is 1. The normalized spacial score (nSPS) is 9.92. The molecule has 0 heterocycles. The van der Waals surface area contributed by atoms with Crippen LogP contribution in [0.2, 0.25) is 0 Å². The summed E-state index contributed by atoms with van der Waals surface area (Å²) in [4.78, 5) is 12.7. The van der Waals surface area contributed by atoms with E-state index in [-0.39, 0.29) is 5.91 Å². The maximum absolute atomic E-state index is 12.7. The van der Waals surface area contributed by atoms with Gasteiger partial charge in [-0.05, 0) is 51.1 Å². The molecule has 5 nitrogen and oxygen atoms in total. The van der Waals surface area contributed by atoms with Crippen LogP contribution in [0.5, 0.6) is 17.2 Å². The number of ether oxygens (including phenoxy) is 3. The highest BCUT2D eigenvalue weighted by Gasteiger charge is 2.18. The van der Waals surface area contributed by atoms with Crippen molar-refractivity contribution in [1.82, 2.24) is 0 Å². The van der Waals surface area contributed by atoms with Gasteiger partial charge in [-0.25, -0.2) is 0 Å². The molecule has 0 aliphatic carbocycles. The first kappa shape index (κ1) is 19.2. The topological polar surface area (TPSA) is 56.8 Å². The zero-order valence-corrected chi connectivity index (χ0v) is 15.3. The molecule has 0 unspecified atom stereocenters. The molecule has 1 amide bonds. The highest BCUT2D eigenvalue weighted by atomic mass is 16.5. The predicted octanol–water partition coefficient (Wildman–Crippen LogP) is 4.12. The average molecular weight is 353 g/mol. The van der Waals surface area contributed by atoms with Gasteiger partial charge in [-0.2, -0.15) is 0 Å². The van der Waals surface area contributed by atoms with Crippen molar-refractivity contribution in [2.75, 3.05) is 25.1 Å². The number of carbonyl (C=O) groups excluding carboxylic acids is 1. The third kappa shape index (κ3) is 4.70. The number of carbonyl (C=O) groups is 1. The summed E-state index contributed by atoms with van der Waals surface area (Å²) in [6.07, 6.45) is 5.40. The molecule has 2 rings (SSSR count). The second-order valence-corrected chi connectivity index (χ2v) is 5.28. The van der Waals surface area contributed by atoms with E-state index in [0.29, 0.717) is 53.9 Å². The van der Waals surface area contributed by atoms with Crippen LogP contribution < -0.4 is 19.5 Å². The monoisotopic (exact) mass is 353 g/mol. The summed E-state index contributed by atoms with van der Waals surface area (Å²) in [5, 5.41) is 2.84. The SMILES string of the molecule is C#Cc1cccc(NC(=O)c2cc(OCC)c(OCC)c(OCC)c2)c1. The van der Waals surface area contributed by atoms with E-state index in [4.69, 9.17) is 20.6 Å². The molecule has 136 valence electrons. The number of benzene rings is 2. The second kappa shape index (κ2) is 9.38. The zero-order valence-electron chi connectivity index (χ0n) is 15.3. The predicted molar refractivity (Wildman–Crippen MR) is 102 cm³/mol. The third-order valence-corrected chi connectivity index (χ3v) is 3.46. The molecule has 0 atom stereocenters. The van der Waals surface area contributed by atoms with Gasteiger partial charge >= 0.3 is 0 Å². The lowest BCUT2D eigenvalue weighted by Gasteiger charge is -2.17. The third-order valence-electron chi connectivity index (χ3n) is 3.46. The van der Waals surface area contributed by atoms with Gasteiger partial charge < -0.3 is 19.5 Å². The minimum atomic E-state index is -0.288. The van der Waals surface area contributed by atoms with Crippen molar-refractivity contribution in [2.45, 2.75) is 20.8 Å². The molecule has 0 saturated heterocycles. The van der Waals surface area contributed by atoms with Crippen LogP contribution in [0.4, 0.5) is 5.69 Å². The van der Waals surface area contributed by atoms with Crippen LogP contribution >= 0.6 is 0 Å². The molecule has 2 aromatic rings. The van der Waals surface area contributed by atoms with Crippen molar-refractivity contribution in [3.05, 3.63) is 47.5 Å². The van der Waals surface area contributed by atoms with Crippen molar-refractivity contribution in [3.8, 4) is 29.6 Å². The molecule has 0 radical (unpaired) electrons. The van der Waals surface area contributed by atoms with Crippen LogP contribution in [0.1, 0.15) is 36.7 Å². The van der Waals surface area contributed by atoms with Crippen molar-refractivity contribution in [1.29, 1.82) is 0 Å². The van der Waals surface area contributed by atoms with Gasteiger partial charge in [0, 0.05) is 16.8 Å². The Hall–Kier alpha value is -3.13. The Kier molecular flexibility index (Phi) is 6.92. The van der Waals surface area contributed by atoms with E-state index in [1.165, 1.54) is 0 Å². The van der Waals surface area contributed by atoms with Gasteiger partial charge in [-0.3, -0.25) is 4.79 Å². The molecule has 5 heteroatoms. The van der Waals surface area contributed by atoms with E-state index in [1.807, 2.05) is 20.8 Å². The van der Waals surface area contributed by atoms with E-state index < -0.39 is 0 Å². The Labute approximate surface area is 154 Å². The zero-order chi connectivity index (χ0) is 18.9. The van der Waals surface area contributed by atoms with Crippen LogP contribution in [0, 0.1) is 12.3 Å². The fourth-order valence-corrected chi connectivity index (χ4v) is 2.41. The number of amides is 1. The first-order chi connectivity index (χ1) is 12.6. The minimum Gasteiger partial charge on any atom is -0.490 e. The molecule has 0 bridgehead atoms. The summed E-state index contributed by atoms with van der Waals surface area (Å²) >= 11 is 0. The summed E-state index contributed by atoms with van der Waals surface area (Å²) in [5.74, 6) is 3.71. The lowest BCUT2D eigenvalue weighted by molar-refractivity contribution is 0.102. The quantitative estimate of drug-likeness (QED) is 0.726. The van der Waals surface area contributed by atoms with Gasteiger partial charge in [-0.1, -0.05) is 12.0 Å². The van der Waals surface area contributed by atoms with Crippen molar-refractivity contribution >= 4 is 11.6 Å². The number of rotatable bonds is 8. The highest BCUT2D eigenvalue weighted by molar-refractivity contribution is 6.05. The smallest absolute Gasteiger partial charge is 0.255 e. The van der Waals surface area contributed by atoms with Crippen molar-refractivity contribution < 1.29 is 19.0 Å². The number of hydrogen-bond acceptors (Lipinski definition) is 4. The fourth-order valence-electron chi connectivity index (χ4n) is 2.41. The van der Waals surface area contributed by atoms with E-state index in [9.17, 15) is 4.79 Å². The highest BCUT2D eigenvalue weighted by Crippen LogP contribution is 2.39. The maximum Gasteiger partial charge on any atom is 0.255 e.